The van der Waals surface area contributed by atoms with E-state index in [1.54, 1.807) is 0 Å². The van der Waals surface area contributed by atoms with Gasteiger partial charge in [0.05, 0.1) is 35.8 Å². The van der Waals surface area contributed by atoms with Crippen LogP contribution in [-0.4, -0.2) is 51.6 Å². The molecule has 9 heteroatoms. The van der Waals surface area contributed by atoms with Crippen LogP contribution < -0.4 is 10.6 Å². The average Bonchev–Trinajstić information content (AvgIpc) is 3.43. The number of aromatic nitrogens is 4. The van der Waals surface area contributed by atoms with Gasteiger partial charge >= 0.3 is 0 Å². The lowest BCUT2D eigenvalue weighted by molar-refractivity contribution is 0.0974. The minimum absolute atomic E-state index is 0.105. The number of halogens is 1. The molecular weight excluding hydrogens is 456 g/mol. The quantitative estimate of drug-likeness (QED) is 0.571. The second-order valence-corrected chi connectivity index (χ2v) is 10.3. The van der Waals surface area contributed by atoms with Crippen LogP contribution in [0.2, 0.25) is 5.02 Å². The molecule has 2 atom stereocenters. The molecule has 2 aromatic heterocycles. The highest BCUT2D eigenvalue weighted by molar-refractivity contribution is 7.99. The van der Waals surface area contributed by atoms with Gasteiger partial charge in [0.15, 0.2) is 0 Å². The molecule has 0 saturated carbocycles. The highest BCUT2D eigenvalue weighted by Gasteiger charge is 2.47. The van der Waals surface area contributed by atoms with E-state index >= 15 is 0 Å². The fourth-order valence-electron chi connectivity index (χ4n) is 4.76. The molecule has 2 aliphatic rings. The molecule has 0 radical (unpaired) electrons. The molecule has 1 aromatic carbocycles. The summed E-state index contributed by atoms with van der Waals surface area (Å²) in [5.74, 6) is 0.902. The third-order valence-electron chi connectivity index (χ3n) is 6.96. The van der Waals surface area contributed by atoms with Gasteiger partial charge in [0.25, 0.3) is 0 Å². The number of piperidine rings is 1. The van der Waals surface area contributed by atoms with Crippen molar-refractivity contribution in [2.45, 2.75) is 55.3 Å². The van der Waals surface area contributed by atoms with Crippen LogP contribution in [0.15, 0.2) is 52.8 Å². The summed E-state index contributed by atoms with van der Waals surface area (Å²) in [6, 6.07) is 8.09. The van der Waals surface area contributed by atoms with Crippen molar-refractivity contribution in [3.8, 4) is 11.3 Å². The van der Waals surface area contributed by atoms with Gasteiger partial charge in [0.1, 0.15) is 10.8 Å². The van der Waals surface area contributed by atoms with Crippen molar-refractivity contribution in [1.82, 2.24) is 19.7 Å². The van der Waals surface area contributed by atoms with E-state index in [-0.39, 0.29) is 17.6 Å². The second kappa shape index (κ2) is 9.25. The summed E-state index contributed by atoms with van der Waals surface area (Å²) >= 11 is 8.25. The maximum absolute atomic E-state index is 6.73. The molecule has 7 nitrogen and oxygen atoms in total. The van der Waals surface area contributed by atoms with Crippen LogP contribution in [0.25, 0.3) is 11.3 Å². The van der Waals surface area contributed by atoms with Crippen molar-refractivity contribution in [3.05, 3.63) is 47.9 Å². The molecular formula is C24H29ClN6OS. The van der Waals surface area contributed by atoms with E-state index in [4.69, 9.17) is 27.1 Å². The number of benzene rings is 1. The third kappa shape index (κ3) is 4.37. The predicted octanol–water partition coefficient (Wildman–Crippen LogP) is 4.50. The van der Waals surface area contributed by atoms with E-state index in [0.29, 0.717) is 5.02 Å². The smallest absolute Gasteiger partial charge is 0.147 e. The predicted molar refractivity (Wildman–Crippen MR) is 132 cm³/mol. The summed E-state index contributed by atoms with van der Waals surface area (Å²) in [5, 5.41) is 6.07. The van der Waals surface area contributed by atoms with Crippen LogP contribution in [0.5, 0.6) is 0 Å². The lowest BCUT2D eigenvalue weighted by Crippen LogP contribution is -2.50. The molecule has 0 amide bonds. The monoisotopic (exact) mass is 484 g/mol. The molecule has 5 rings (SSSR count). The van der Waals surface area contributed by atoms with Gasteiger partial charge in [-0.1, -0.05) is 35.5 Å². The maximum atomic E-state index is 6.73. The van der Waals surface area contributed by atoms with Gasteiger partial charge in [-0.25, -0.2) is 9.97 Å². The first kappa shape index (κ1) is 22.7. The lowest BCUT2D eigenvalue weighted by atomic mass is 9.73. The van der Waals surface area contributed by atoms with E-state index in [2.05, 4.69) is 28.8 Å². The summed E-state index contributed by atoms with van der Waals surface area (Å²) in [6.07, 6.45) is 7.83. The molecule has 3 aromatic rings. The Kier molecular flexibility index (Phi) is 6.35. The zero-order valence-corrected chi connectivity index (χ0v) is 20.5. The van der Waals surface area contributed by atoms with Gasteiger partial charge in [-0.05, 0) is 38.8 Å². The SMILES string of the molecule is CCn1ccc(-c2cccc(Sc3cnc(N4CCC5(CC4)CO[C@@H](C)[C@H]5N)cn3)c2Cl)n1. The van der Waals surface area contributed by atoms with Crippen molar-refractivity contribution in [2.24, 2.45) is 11.1 Å². The van der Waals surface area contributed by atoms with Crippen molar-refractivity contribution in [1.29, 1.82) is 0 Å². The zero-order chi connectivity index (χ0) is 23.0. The maximum Gasteiger partial charge on any atom is 0.147 e. The number of rotatable bonds is 5. The van der Waals surface area contributed by atoms with Gasteiger partial charge in [-0.3, -0.25) is 4.68 Å². The Balaban J connectivity index is 1.26. The van der Waals surface area contributed by atoms with Crippen molar-refractivity contribution in [3.63, 3.8) is 0 Å². The van der Waals surface area contributed by atoms with Crippen LogP contribution >= 0.6 is 23.4 Å². The molecule has 2 N–H and O–H groups in total. The Morgan fingerprint density at radius 3 is 2.67 bits per heavy atom. The van der Waals surface area contributed by atoms with Gasteiger partial charge in [0.2, 0.25) is 0 Å². The zero-order valence-electron chi connectivity index (χ0n) is 18.9. The first-order valence-electron chi connectivity index (χ1n) is 11.4. The number of ether oxygens (including phenoxy) is 1. The topological polar surface area (TPSA) is 82.1 Å². The Labute approximate surface area is 203 Å². The summed E-state index contributed by atoms with van der Waals surface area (Å²) < 4.78 is 7.73. The molecule has 0 aliphatic carbocycles. The standard InChI is InChI=1S/C24H29ClN6OS/c1-3-31-10-7-18(29-31)17-5-4-6-19(22(17)25)33-21-14-27-20(13-28-21)30-11-8-24(9-12-30)15-32-16(2)23(24)26/h4-7,10,13-14,16,23H,3,8-9,11-12,15,26H2,1-2H3/t16-,23+/m0/s1. The fraction of sp³-hybridized carbons (Fsp3) is 0.458. The van der Waals surface area contributed by atoms with E-state index in [9.17, 15) is 0 Å². The van der Waals surface area contributed by atoms with E-state index in [1.165, 1.54) is 11.8 Å². The Bertz CT molecular complexity index is 1110. The average molecular weight is 485 g/mol. The number of hydrogen-bond acceptors (Lipinski definition) is 7. The Morgan fingerprint density at radius 1 is 1.21 bits per heavy atom. The number of aryl methyl sites for hydroxylation is 1. The Morgan fingerprint density at radius 2 is 2.03 bits per heavy atom. The number of anilines is 1. The van der Waals surface area contributed by atoms with Gasteiger partial charge in [-0.15, -0.1) is 0 Å². The first-order valence-corrected chi connectivity index (χ1v) is 12.6. The van der Waals surface area contributed by atoms with Gasteiger partial charge in [-0.2, -0.15) is 5.10 Å². The van der Waals surface area contributed by atoms with Gasteiger partial charge < -0.3 is 15.4 Å². The van der Waals surface area contributed by atoms with E-state index in [1.807, 2.05) is 47.5 Å². The number of nitrogens with two attached hydrogens (primary N) is 1. The third-order valence-corrected chi connectivity index (χ3v) is 8.46. The minimum Gasteiger partial charge on any atom is -0.376 e. The van der Waals surface area contributed by atoms with E-state index in [0.717, 1.165) is 66.1 Å². The first-order chi connectivity index (χ1) is 16.0. The molecule has 33 heavy (non-hydrogen) atoms. The van der Waals surface area contributed by atoms with Crippen LogP contribution in [0.4, 0.5) is 5.82 Å². The minimum atomic E-state index is 0.105. The molecule has 2 fully saturated rings. The Hall–Kier alpha value is -2.13. The molecule has 4 heterocycles. The highest BCUT2D eigenvalue weighted by Crippen LogP contribution is 2.42. The normalized spacial score (nSPS) is 22.2. The molecule has 2 saturated heterocycles. The van der Waals surface area contributed by atoms with Crippen LogP contribution in [-0.2, 0) is 11.3 Å². The van der Waals surface area contributed by atoms with Gasteiger partial charge in [0, 0.05) is 47.7 Å². The van der Waals surface area contributed by atoms with Crippen LogP contribution in [0.3, 0.4) is 0 Å². The second-order valence-electron chi connectivity index (χ2n) is 8.88. The number of hydrogen-bond donors (Lipinski definition) is 1. The van der Waals surface area contributed by atoms with Crippen LogP contribution in [0.1, 0.15) is 26.7 Å². The molecule has 0 bridgehead atoms. The molecule has 174 valence electrons. The van der Waals surface area contributed by atoms with Crippen LogP contribution in [0, 0.1) is 5.41 Å². The van der Waals surface area contributed by atoms with Crippen molar-refractivity contribution >= 4 is 29.2 Å². The summed E-state index contributed by atoms with van der Waals surface area (Å²) in [7, 11) is 0. The molecule has 2 aliphatic heterocycles. The fourth-order valence-corrected chi connectivity index (χ4v) is 5.88. The summed E-state index contributed by atoms with van der Waals surface area (Å²) in [5.41, 5.74) is 8.34. The highest BCUT2D eigenvalue weighted by atomic mass is 35.5. The molecule has 1 spiro atoms. The summed E-state index contributed by atoms with van der Waals surface area (Å²) in [4.78, 5) is 12.6. The van der Waals surface area contributed by atoms with Crippen molar-refractivity contribution in [2.75, 3.05) is 24.6 Å². The van der Waals surface area contributed by atoms with Crippen molar-refractivity contribution < 1.29 is 4.74 Å². The summed E-state index contributed by atoms with van der Waals surface area (Å²) in [6.45, 7) is 7.57. The van der Waals surface area contributed by atoms with E-state index < -0.39 is 0 Å². The molecule has 0 unspecified atom stereocenters. The lowest BCUT2D eigenvalue weighted by Gasteiger charge is -2.41. The largest absolute Gasteiger partial charge is 0.376 e. The number of nitrogens with zero attached hydrogens (tertiary/aromatic N) is 5.